The third-order valence-corrected chi connectivity index (χ3v) is 4.13. The number of rotatable bonds is 7. The van der Waals surface area contributed by atoms with E-state index in [9.17, 15) is 9.59 Å². The number of aryl methyl sites for hydroxylation is 2. The molecule has 1 rings (SSSR count). The number of hydrogen-bond donors (Lipinski definition) is 2. The van der Waals surface area contributed by atoms with Crippen LogP contribution < -0.4 is 10.6 Å². The topological polar surface area (TPSA) is 61.4 Å². The standard InChI is InChI=1S/C18H29N3O2/c1-12(2)15(5)19-10-17(23)21(6)11-16(22)20-18-13(3)8-7-9-14(18)4/h7-9,12,15,19H,10-11H2,1-6H3,(H,20,22). The van der Waals surface area contributed by atoms with Crippen LogP contribution in [0.5, 0.6) is 0 Å². The van der Waals surface area contributed by atoms with Gasteiger partial charge in [0.05, 0.1) is 13.1 Å². The Morgan fingerprint density at radius 1 is 1.13 bits per heavy atom. The number of carbonyl (C=O) groups is 2. The molecule has 2 N–H and O–H groups in total. The maximum Gasteiger partial charge on any atom is 0.243 e. The monoisotopic (exact) mass is 319 g/mol. The van der Waals surface area contributed by atoms with Gasteiger partial charge in [-0.25, -0.2) is 0 Å². The molecule has 1 aromatic carbocycles. The van der Waals surface area contributed by atoms with Crippen molar-refractivity contribution in [2.75, 3.05) is 25.5 Å². The van der Waals surface area contributed by atoms with Gasteiger partial charge in [-0.15, -0.1) is 0 Å². The van der Waals surface area contributed by atoms with Crippen molar-refractivity contribution < 1.29 is 9.59 Å². The van der Waals surface area contributed by atoms with Crippen molar-refractivity contribution in [2.45, 2.75) is 40.7 Å². The number of nitrogens with zero attached hydrogens (tertiary/aromatic N) is 1. The largest absolute Gasteiger partial charge is 0.335 e. The quantitative estimate of drug-likeness (QED) is 0.811. The van der Waals surface area contributed by atoms with E-state index in [-0.39, 0.29) is 30.9 Å². The SMILES string of the molecule is Cc1cccc(C)c1NC(=O)CN(C)C(=O)CNC(C)C(C)C. The van der Waals surface area contributed by atoms with E-state index in [1.165, 1.54) is 4.90 Å². The molecular weight excluding hydrogens is 290 g/mol. The molecule has 0 aliphatic carbocycles. The van der Waals surface area contributed by atoms with Gasteiger partial charge in [0.25, 0.3) is 0 Å². The molecule has 2 amide bonds. The second-order valence-electron chi connectivity index (χ2n) is 6.48. The maximum atomic E-state index is 12.2. The number of para-hydroxylation sites is 1. The summed E-state index contributed by atoms with van der Waals surface area (Å²) < 4.78 is 0. The van der Waals surface area contributed by atoms with Gasteiger partial charge in [0.1, 0.15) is 0 Å². The van der Waals surface area contributed by atoms with E-state index >= 15 is 0 Å². The van der Waals surface area contributed by atoms with Gasteiger partial charge in [0.2, 0.25) is 11.8 Å². The molecule has 0 aliphatic rings. The minimum Gasteiger partial charge on any atom is -0.335 e. The average Bonchev–Trinajstić information content (AvgIpc) is 2.48. The van der Waals surface area contributed by atoms with Crippen LogP contribution in [0.3, 0.4) is 0 Å². The van der Waals surface area contributed by atoms with Crippen molar-refractivity contribution >= 4 is 17.5 Å². The molecule has 0 heterocycles. The van der Waals surface area contributed by atoms with Gasteiger partial charge in [-0.05, 0) is 37.8 Å². The number of benzene rings is 1. The summed E-state index contributed by atoms with van der Waals surface area (Å²) >= 11 is 0. The van der Waals surface area contributed by atoms with E-state index in [1.807, 2.05) is 39.0 Å². The molecule has 0 saturated heterocycles. The Morgan fingerprint density at radius 3 is 2.22 bits per heavy atom. The molecular formula is C18H29N3O2. The van der Waals surface area contributed by atoms with Crippen LogP contribution in [-0.4, -0.2) is 42.9 Å². The molecule has 0 aliphatic heterocycles. The van der Waals surface area contributed by atoms with E-state index in [0.717, 1.165) is 16.8 Å². The number of amides is 2. The fourth-order valence-corrected chi connectivity index (χ4v) is 2.11. The lowest BCUT2D eigenvalue weighted by atomic mass is 10.1. The first-order valence-corrected chi connectivity index (χ1v) is 8.05. The molecule has 23 heavy (non-hydrogen) atoms. The van der Waals surface area contributed by atoms with E-state index < -0.39 is 0 Å². The lowest BCUT2D eigenvalue weighted by molar-refractivity contribution is -0.132. The first-order valence-electron chi connectivity index (χ1n) is 8.05. The first kappa shape index (κ1) is 19.2. The lowest BCUT2D eigenvalue weighted by Gasteiger charge is -2.21. The Morgan fingerprint density at radius 2 is 1.70 bits per heavy atom. The highest BCUT2D eigenvalue weighted by molar-refractivity contribution is 5.95. The number of carbonyl (C=O) groups excluding carboxylic acids is 2. The third kappa shape index (κ3) is 6.02. The molecule has 1 atom stereocenters. The average molecular weight is 319 g/mol. The van der Waals surface area contributed by atoms with Crippen LogP contribution in [0.2, 0.25) is 0 Å². The van der Waals surface area contributed by atoms with Crippen molar-refractivity contribution in [1.29, 1.82) is 0 Å². The number of anilines is 1. The van der Waals surface area contributed by atoms with Crippen LogP contribution in [0.1, 0.15) is 31.9 Å². The molecule has 5 heteroatoms. The van der Waals surface area contributed by atoms with Crippen molar-refractivity contribution in [3.05, 3.63) is 29.3 Å². The van der Waals surface area contributed by atoms with Crippen LogP contribution in [0.4, 0.5) is 5.69 Å². The summed E-state index contributed by atoms with van der Waals surface area (Å²) in [4.78, 5) is 25.7. The summed E-state index contributed by atoms with van der Waals surface area (Å²) in [7, 11) is 1.65. The van der Waals surface area contributed by atoms with Crippen molar-refractivity contribution in [1.82, 2.24) is 10.2 Å². The molecule has 0 fully saturated rings. The van der Waals surface area contributed by atoms with E-state index in [1.54, 1.807) is 7.05 Å². The zero-order chi connectivity index (χ0) is 17.6. The number of nitrogens with one attached hydrogen (secondary N) is 2. The summed E-state index contributed by atoms with van der Waals surface area (Å²) in [5.74, 6) is 0.185. The molecule has 128 valence electrons. The number of likely N-dealkylation sites (N-methyl/N-ethyl adjacent to an activating group) is 1. The van der Waals surface area contributed by atoms with E-state index in [0.29, 0.717) is 5.92 Å². The fourth-order valence-electron chi connectivity index (χ4n) is 2.11. The van der Waals surface area contributed by atoms with Gasteiger partial charge in [-0.1, -0.05) is 32.0 Å². The van der Waals surface area contributed by atoms with Gasteiger partial charge < -0.3 is 15.5 Å². The number of hydrogen-bond acceptors (Lipinski definition) is 3. The van der Waals surface area contributed by atoms with Crippen LogP contribution in [-0.2, 0) is 9.59 Å². The van der Waals surface area contributed by atoms with Crippen LogP contribution in [0, 0.1) is 19.8 Å². The molecule has 1 unspecified atom stereocenters. The Balaban J connectivity index is 2.52. The second-order valence-corrected chi connectivity index (χ2v) is 6.48. The van der Waals surface area contributed by atoms with Crippen LogP contribution in [0.25, 0.3) is 0 Å². The normalized spacial score (nSPS) is 12.1. The van der Waals surface area contributed by atoms with Gasteiger partial charge >= 0.3 is 0 Å². The van der Waals surface area contributed by atoms with Crippen LogP contribution >= 0.6 is 0 Å². The third-order valence-electron chi connectivity index (χ3n) is 4.13. The summed E-state index contributed by atoms with van der Waals surface area (Å²) in [6, 6.07) is 6.12. The van der Waals surface area contributed by atoms with Crippen molar-refractivity contribution in [2.24, 2.45) is 5.92 Å². The second kappa shape index (κ2) is 8.67. The zero-order valence-electron chi connectivity index (χ0n) is 15.1. The molecule has 0 radical (unpaired) electrons. The van der Waals surface area contributed by atoms with Gasteiger partial charge in [0.15, 0.2) is 0 Å². The van der Waals surface area contributed by atoms with E-state index in [4.69, 9.17) is 0 Å². The molecule has 0 aromatic heterocycles. The summed E-state index contributed by atoms with van der Waals surface area (Å²) in [5, 5.41) is 6.08. The molecule has 1 aromatic rings. The van der Waals surface area contributed by atoms with Crippen molar-refractivity contribution in [3.63, 3.8) is 0 Å². The highest BCUT2D eigenvalue weighted by Gasteiger charge is 2.15. The smallest absolute Gasteiger partial charge is 0.243 e. The van der Waals surface area contributed by atoms with Crippen LogP contribution in [0.15, 0.2) is 18.2 Å². The molecule has 0 saturated carbocycles. The highest BCUT2D eigenvalue weighted by Crippen LogP contribution is 2.19. The first-order chi connectivity index (χ1) is 10.7. The van der Waals surface area contributed by atoms with Crippen molar-refractivity contribution in [3.8, 4) is 0 Å². The summed E-state index contributed by atoms with van der Waals surface area (Å²) in [6.45, 7) is 10.4. The summed E-state index contributed by atoms with van der Waals surface area (Å²) in [5.41, 5.74) is 2.85. The maximum absolute atomic E-state index is 12.2. The van der Waals surface area contributed by atoms with Gasteiger partial charge in [-0.2, -0.15) is 0 Å². The predicted octanol–water partition coefficient (Wildman–Crippen LogP) is 2.33. The Bertz CT molecular complexity index is 535. The molecule has 0 bridgehead atoms. The fraction of sp³-hybridized carbons (Fsp3) is 0.556. The predicted molar refractivity (Wildman–Crippen MR) is 94.5 cm³/mol. The molecule has 5 nitrogen and oxygen atoms in total. The highest BCUT2D eigenvalue weighted by atomic mass is 16.2. The van der Waals surface area contributed by atoms with Gasteiger partial charge in [-0.3, -0.25) is 9.59 Å². The summed E-state index contributed by atoms with van der Waals surface area (Å²) in [6.07, 6.45) is 0. The minimum absolute atomic E-state index is 0.0460. The Kier molecular flexibility index (Phi) is 7.23. The minimum atomic E-state index is -0.185. The zero-order valence-corrected chi connectivity index (χ0v) is 15.1. The Hall–Kier alpha value is -1.88. The van der Waals surface area contributed by atoms with Gasteiger partial charge in [0, 0.05) is 18.8 Å². The Labute approximate surface area is 139 Å². The van der Waals surface area contributed by atoms with E-state index in [2.05, 4.69) is 24.5 Å². The lowest BCUT2D eigenvalue weighted by Crippen LogP contribution is -2.43. The molecule has 0 spiro atoms.